The van der Waals surface area contributed by atoms with Crippen LogP contribution in [0.4, 0.5) is 4.39 Å². The number of hydrogen-bond donors (Lipinski definition) is 0. The van der Waals surface area contributed by atoms with Crippen LogP contribution < -0.4 is 0 Å². The summed E-state index contributed by atoms with van der Waals surface area (Å²) in [5.74, 6) is -0.429. The molecule has 0 radical (unpaired) electrons. The molecule has 1 aromatic carbocycles. The maximum absolute atomic E-state index is 14.6. The Hall–Kier alpha value is -2.80. The molecule has 144 valence electrons. The van der Waals surface area contributed by atoms with Crippen molar-refractivity contribution in [3.05, 3.63) is 58.9 Å². The Morgan fingerprint density at radius 2 is 2.25 bits per heavy atom. The summed E-state index contributed by atoms with van der Waals surface area (Å²) >= 11 is 0. The summed E-state index contributed by atoms with van der Waals surface area (Å²) in [6.45, 7) is -1.82. The van der Waals surface area contributed by atoms with Crippen LogP contribution in [0.15, 0.2) is 35.7 Å². The van der Waals surface area contributed by atoms with Gasteiger partial charge < -0.3 is 9.64 Å². The lowest BCUT2D eigenvalue weighted by Gasteiger charge is -2.32. The van der Waals surface area contributed by atoms with E-state index in [0.29, 0.717) is 31.0 Å². The number of imidazole rings is 1. The molecule has 2 aromatic rings. The minimum absolute atomic E-state index is 0.201. The molecule has 1 amide bonds. The average Bonchev–Trinajstić information content (AvgIpc) is 3.45. The highest BCUT2D eigenvalue weighted by molar-refractivity contribution is 6.06. The third-order valence-electron chi connectivity index (χ3n) is 5.41. The highest BCUT2D eigenvalue weighted by atomic mass is 19.1. The van der Waals surface area contributed by atoms with Gasteiger partial charge in [-0.3, -0.25) is 14.4 Å². The zero-order valence-electron chi connectivity index (χ0n) is 17.5. The van der Waals surface area contributed by atoms with Crippen LogP contribution in [0.1, 0.15) is 43.9 Å². The standard InChI is InChI=1S/C21H21FN4O2/c1-28-11-14-10-25(12-24-14)19-8-18-15-4-5-17(22)21(13-2-3-13)16(15)6-7-26(18)20(27)9-23-19/h4-5,8,10,12-13H,2-3,6-7,9,11H2,1H3/i9D2. The van der Waals surface area contributed by atoms with Crippen molar-refractivity contribution in [2.45, 2.75) is 31.8 Å². The fourth-order valence-corrected chi connectivity index (χ4v) is 3.98. The third kappa shape index (κ3) is 2.86. The van der Waals surface area contributed by atoms with E-state index in [2.05, 4.69) is 9.98 Å². The van der Waals surface area contributed by atoms with Crippen LogP contribution in [0.3, 0.4) is 0 Å². The molecule has 1 aromatic heterocycles. The minimum atomic E-state index is -2.42. The van der Waals surface area contributed by atoms with E-state index in [-0.39, 0.29) is 17.6 Å². The van der Waals surface area contributed by atoms with Crippen LogP contribution >= 0.6 is 0 Å². The van der Waals surface area contributed by atoms with Crippen molar-refractivity contribution in [2.24, 2.45) is 4.99 Å². The molecular weight excluding hydrogens is 359 g/mol. The number of hydrogen-bond acceptors (Lipinski definition) is 4. The molecule has 7 heteroatoms. The second kappa shape index (κ2) is 6.67. The number of rotatable bonds is 3. The van der Waals surface area contributed by atoms with Gasteiger partial charge in [-0.15, -0.1) is 0 Å². The van der Waals surface area contributed by atoms with Crippen molar-refractivity contribution in [3.63, 3.8) is 0 Å². The summed E-state index contributed by atoms with van der Waals surface area (Å²) in [6.07, 6.45) is 7.34. The summed E-state index contributed by atoms with van der Waals surface area (Å²) in [6, 6.07) is 3.14. The van der Waals surface area contributed by atoms with Crippen molar-refractivity contribution in [2.75, 3.05) is 20.2 Å². The van der Waals surface area contributed by atoms with Gasteiger partial charge in [0.25, 0.3) is 0 Å². The number of aromatic nitrogens is 2. The maximum Gasteiger partial charge on any atom is 0.248 e. The summed E-state index contributed by atoms with van der Waals surface area (Å²) in [5.41, 5.74) is 3.64. The van der Waals surface area contributed by atoms with Crippen LogP contribution in [0, 0.1) is 5.82 Å². The largest absolute Gasteiger partial charge is 0.378 e. The minimum Gasteiger partial charge on any atom is -0.378 e. The SMILES string of the molecule is [2H]C1([2H])N=C(n2cnc(COC)c2)C=C2c3ccc(F)c(C4CC4)c3CCN2C1=O. The first kappa shape index (κ1) is 15.2. The van der Waals surface area contributed by atoms with Crippen molar-refractivity contribution < 1.29 is 16.7 Å². The number of carbonyl (C=O) groups is 1. The molecular formula is C21H21FN4O2. The lowest BCUT2D eigenvalue weighted by Crippen LogP contribution is -2.36. The number of amides is 1. The zero-order valence-corrected chi connectivity index (χ0v) is 15.5. The van der Waals surface area contributed by atoms with Crippen LogP contribution in [0.2, 0.25) is 0 Å². The lowest BCUT2D eigenvalue weighted by atomic mass is 9.89. The number of fused-ring (bicyclic) bond motifs is 3. The van der Waals surface area contributed by atoms with E-state index in [0.717, 1.165) is 29.5 Å². The molecule has 0 spiro atoms. The summed E-state index contributed by atoms with van der Waals surface area (Å²) in [4.78, 5) is 22.8. The number of ether oxygens (including phenoxy) is 1. The Kier molecular flexibility index (Phi) is 3.61. The normalized spacial score (nSPS) is 21.8. The number of carbonyl (C=O) groups excluding carboxylic acids is 1. The van der Waals surface area contributed by atoms with Crippen molar-refractivity contribution in [1.29, 1.82) is 0 Å². The number of benzene rings is 1. The maximum atomic E-state index is 14.6. The van der Waals surface area contributed by atoms with Gasteiger partial charge in [0.1, 0.15) is 24.5 Å². The summed E-state index contributed by atoms with van der Waals surface area (Å²) in [7, 11) is 1.56. The Balaban J connectivity index is 1.66. The molecule has 0 unspecified atom stereocenters. The molecule has 0 bridgehead atoms. The molecule has 0 atom stereocenters. The first-order valence-corrected chi connectivity index (χ1v) is 9.36. The van der Waals surface area contributed by atoms with Gasteiger partial charge in [-0.1, -0.05) is 0 Å². The van der Waals surface area contributed by atoms with E-state index in [1.54, 1.807) is 30.0 Å². The van der Waals surface area contributed by atoms with Gasteiger partial charge in [-0.2, -0.15) is 0 Å². The van der Waals surface area contributed by atoms with Gasteiger partial charge in [-0.25, -0.2) is 9.37 Å². The zero-order chi connectivity index (χ0) is 21.0. The third-order valence-corrected chi connectivity index (χ3v) is 5.41. The predicted molar refractivity (Wildman–Crippen MR) is 102 cm³/mol. The Labute approximate surface area is 165 Å². The van der Waals surface area contributed by atoms with E-state index in [1.807, 2.05) is 0 Å². The monoisotopic (exact) mass is 382 g/mol. The lowest BCUT2D eigenvalue weighted by molar-refractivity contribution is -0.126. The van der Waals surface area contributed by atoms with Crippen LogP contribution in [0.5, 0.6) is 0 Å². The molecule has 28 heavy (non-hydrogen) atoms. The second-order valence-corrected chi connectivity index (χ2v) is 7.28. The second-order valence-electron chi connectivity index (χ2n) is 7.28. The molecule has 5 rings (SSSR count). The molecule has 3 aliphatic rings. The van der Waals surface area contributed by atoms with Crippen molar-refractivity contribution in [1.82, 2.24) is 14.5 Å². The van der Waals surface area contributed by atoms with E-state index in [1.165, 1.54) is 17.3 Å². The van der Waals surface area contributed by atoms with Gasteiger partial charge in [0.15, 0.2) is 0 Å². The van der Waals surface area contributed by atoms with Gasteiger partial charge in [0.2, 0.25) is 5.91 Å². The number of aliphatic imine (C=N–C) groups is 1. The topological polar surface area (TPSA) is 59.7 Å². The Morgan fingerprint density at radius 1 is 1.39 bits per heavy atom. The molecule has 0 N–H and O–H groups in total. The average molecular weight is 382 g/mol. The van der Waals surface area contributed by atoms with Crippen LogP contribution in [0.25, 0.3) is 5.70 Å². The number of methoxy groups -OCH3 is 1. The quantitative estimate of drug-likeness (QED) is 0.820. The molecule has 0 saturated heterocycles. The van der Waals surface area contributed by atoms with Crippen molar-refractivity contribution in [3.8, 4) is 0 Å². The Bertz CT molecular complexity index is 1100. The van der Waals surface area contributed by atoms with Crippen LogP contribution in [-0.2, 0) is 22.6 Å². The van der Waals surface area contributed by atoms with E-state index >= 15 is 0 Å². The Morgan fingerprint density at radius 3 is 3.04 bits per heavy atom. The number of allylic oxidation sites excluding steroid dienone is 1. The molecule has 3 heterocycles. The van der Waals surface area contributed by atoms with Gasteiger partial charge in [0, 0.05) is 31.5 Å². The highest BCUT2D eigenvalue weighted by Crippen LogP contribution is 2.46. The van der Waals surface area contributed by atoms with Gasteiger partial charge >= 0.3 is 0 Å². The van der Waals surface area contributed by atoms with E-state index < -0.39 is 12.4 Å². The molecule has 1 fully saturated rings. The summed E-state index contributed by atoms with van der Waals surface area (Å²) < 4.78 is 37.7. The van der Waals surface area contributed by atoms with Crippen molar-refractivity contribution >= 4 is 17.4 Å². The van der Waals surface area contributed by atoms with E-state index in [9.17, 15) is 9.18 Å². The smallest absolute Gasteiger partial charge is 0.248 e. The molecule has 2 aliphatic heterocycles. The summed E-state index contributed by atoms with van der Waals surface area (Å²) in [5, 5.41) is 0. The fourth-order valence-electron chi connectivity index (χ4n) is 3.98. The number of nitrogens with zero attached hydrogens (tertiary/aromatic N) is 4. The van der Waals surface area contributed by atoms with E-state index in [4.69, 9.17) is 7.48 Å². The fraction of sp³-hybridized carbons (Fsp3) is 0.381. The predicted octanol–water partition coefficient (Wildman–Crippen LogP) is 2.73. The highest BCUT2D eigenvalue weighted by Gasteiger charge is 2.35. The van der Waals surface area contributed by atoms with Gasteiger partial charge in [-0.05, 0) is 48.4 Å². The first-order chi connectivity index (χ1) is 14.4. The molecule has 1 saturated carbocycles. The van der Waals surface area contributed by atoms with Gasteiger partial charge in [0.05, 0.1) is 20.7 Å². The van der Waals surface area contributed by atoms with Crippen LogP contribution in [-0.4, -0.2) is 46.3 Å². The number of halogens is 1. The first-order valence-electron chi connectivity index (χ1n) is 10.4. The molecule has 1 aliphatic carbocycles. The molecule has 6 nitrogen and oxygen atoms in total.